The Morgan fingerprint density at radius 3 is 3.04 bits per heavy atom. The Kier molecular flexibility index (Phi) is 4.50. The summed E-state index contributed by atoms with van der Waals surface area (Å²) in [5.41, 5.74) is 1.20. The maximum Gasteiger partial charge on any atom is 0.249 e. The molecule has 2 unspecified atom stereocenters. The topological polar surface area (TPSA) is 104 Å². The van der Waals surface area contributed by atoms with Gasteiger partial charge in [0.2, 0.25) is 11.8 Å². The van der Waals surface area contributed by atoms with Crippen LogP contribution in [0.2, 0.25) is 0 Å². The number of hydrogen-bond donors (Lipinski definition) is 2. The van der Waals surface area contributed by atoms with Crippen LogP contribution in [0.5, 0.6) is 0 Å². The van der Waals surface area contributed by atoms with Crippen LogP contribution in [0.25, 0.3) is 0 Å². The van der Waals surface area contributed by atoms with E-state index in [4.69, 9.17) is 0 Å². The van der Waals surface area contributed by atoms with Gasteiger partial charge in [-0.15, -0.1) is 16.9 Å². The highest BCUT2D eigenvalue weighted by atomic mass is 32.2. The summed E-state index contributed by atoms with van der Waals surface area (Å²) in [5, 5.41) is 16.9. The number of nitrogens with one attached hydrogen (secondary N) is 2. The second-order valence-electron chi connectivity index (χ2n) is 7.73. The maximum atomic E-state index is 12.7. The van der Waals surface area contributed by atoms with Crippen molar-refractivity contribution >= 4 is 23.6 Å². The zero-order valence-electron chi connectivity index (χ0n) is 15.1. The SMILES string of the molecule is CC1(C)S[C@@H]2C(NC(=O)CC3=CCCCCC3)C(=O)N2C1c1nnn[nH]1. The van der Waals surface area contributed by atoms with Crippen LogP contribution in [-0.2, 0) is 9.59 Å². The number of aromatic nitrogens is 4. The number of aromatic amines is 1. The number of tetrazole rings is 1. The molecule has 3 atom stereocenters. The number of hydrogen-bond acceptors (Lipinski definition) is 6. The second-order valence-corrected chi connectivity index (χ2v) is 9.50. The van der Waals surface area contributed by atoms with Crippen LogP contribution in [0.15, 0.2) is 11.6 Å². The zero-order chi connectivity index (χ0) is 18.3. The van der Waals surface area contributed by atoms with E-state index in [0.717, 1.165) is 19.3 Å². The van der Waals surface area contributed by atoms with Crippen molar-refractivity contribution in [3.63, 3.8) is 0 Å². The number of rotatable bonds is 4. The van der Waals surface area contributed by atoms with Gasteiger partial charge in [0.05, 0.1) is 0 Å². The van der Waals surface area contributed by atoms with Gasteiger partial charge in [-0.3, -0.25) is 9.59 Å². The summed E-state index contributed by atoms with van der Waals surface area (Å²) in [6, 6.07) is -0.670. The molecule has 2 fully saturated rings. The third-order valence-corrected chi connectivity index (χ3v) is 6.97. The summed E-state index contributed by atoms with van der Waals surface area (Å²) in [5.74, 6) is 0.476. The van der Waals surface area contributed by atoms with E-state index >= 15 is 0 Å². The molecular formula is C17H24N6O2S. The Balaban J connectivity index is 1.42. The van der Waals surface area contributed by atoms with Gasteiger partial charge in [0.1, 0.15) is 17.5 Å². The lowest BCUT2D eigenvalue weighted by atomic mass is 9.95. The minimum atomic E-state index is -0.459. The van der Waals surface area contributed by atoms with Crippen molar-refractivity contribution in [3.8, 4) is 0 Å². The number of carbonyl (C=O) groups is 2. The lowest BCUT2D eigenvalue weighted by Gasteiger charge is -2.44. The number of allylic oxidation sites excluding steroid dienone is 1. The summed E-state index contributed by atoms with van der Waals surface area (Å²) in [4.78, 5) is 27.0. The van der Waals surface area contributed by atoms with Gasteiger partial charge in [-0.1, -0.05) is 18.1 Å². The number of fused-ring (bicyclic) bond motifs is 1. The van der Waals surface area contributed by atoms with Gasteiger partial charge >= 0.3 is 0 Å². The van der Waals surface area contributed by atoms with Crippen molar-refractivity contribution < 1.29 is 9.59 Å². The van der Waals surface area contributed by atoms with Crippen LogP contribution in [0.3, 0.4) is 0 Å². The first-order valence-electron chi connectivity index (χ1n) is 9.18. The van der Waals surface area contributed by atoms with E-state index < -0.39 is 6.04 Å². The molecule has 0 saturated carbocycles. The highest BCUT2D eigenvalue weighted by Crippen LogP contribution is 2.56. The third-order valence-electron chi connectivity index (χ3n) is 5.40. The smallest absolute Gasteiger partial charge is 0.249 e. The van der Waals surface area contributed by atoms with Crippen LogP contribution in [0.1, 0.15) is 64.2 Å². The molecule has 1 aliphatic carbocycles. The highest BCUT2D eigenvalue weighted by Gasteiger charge is 2.63. The molecule has 3 aliphatic rings. The quantitative estimate of drug-likeness (QED) is 0.612. The Morgan fingerprint density at radius 1 is 1.42 bits per heavy atom. The monoisotopic (exact) mass is 376 g/mol. The molecule has 140 valence electrons. The first kappa shape index (κ1) is 17.5. The van der Waals surface area contributed by atoms with Gasteiger partial charge in [-0.25, -0.2) is 5.10 Å². The predicted octanol–water partition coefficient (Wildman–Crippen LogP) is 1.70. The first-order chi connectivity index (χ1) is 12.5. The van der Waals surface area contributed by atoms with E-state index in [1.807, 2.05) is 0 Å². The Labute approximate surface area is 156 Å². The number of thioether (sulfide) groups is 1. The molecule has 4 rings (SSSR count). The van der Waals surface area contributed by atoms with E-state index in [-0.39, 0.29) is 28.0 Å². The van der Waals surface area contributed by atoms with Crippen molar-refractivity contribution in [2.24, 2.45) is 0 Å². The average molecular weight is 376 g/mol. The molecule has 0 radical (unpaired) electrons. The average Bonchev–Trinajstić information content (AvgIpc) is 3.10. The molecule has 0 spiro atoms. The standard InChI is InChI=1S/C17H24N6O2S/c1-17(2)13(14-19-21-22-20-14)23-15(25)12(16(23)26-17)18-11(24)9-10-7-5-3-4-6-8-10/h7,12-13,16H,3-6,8-9H2,1-2H3,(H,18,24)(H,19,20,21,22)/t12?,13?,16-/m1/s1. The summed E-state index contributed by atoms with van der Waals surface area (Å²) in [6.07, 6.45) is 8.22. The maximum absolute atomic E-state index is 12.7. The minimum Gasteiger partial charge on any atom is -0.341 e. The highest BCUT2D eigenvalue weighted by molar-refractivity contribution is 8.01. The molecule has 2 N–H and O–H groups in total. The predicted molar refractivity (Wildman–Crippen MR) is 96.9 cm³/mol. The summed E-state index contributed by atoms with van der Waals surface area (Å²) < 4.78 is -0.231. The van der Waals surface area contributed by atoms with Gasteiger partial charge in [0.15, 0.2) is 5.82 Å². The molecule has 3 heterocycles. The third kappa shape index (κ3) is 3.02. The Hall–Kier alpha value is -1.90. The fourth-order valence-corrected chi connectivity index (χ4v) is 5.78. The summed E-state index contributed by atoms with van der Waals surface area (Å²) >= 11 is 1.69. The number of carbonyl (C=O) groups excluding carboxylic acids is 2. The lowest BCUT2D eigenvalue weighted by Crippen LogP contribution is -2.67. The van der Waals surface area contributed by atoms with Crippen LogP contribution < -0.4 is 5.32 Å². The van der Waals surface area contributed by atoms with Crippen molar-refractivity contribution in [2.75, 3.05) is 0 Å². The van der Waals surface area contributed by atoms with Crippen molar-refractivity contribution in [3.05, 3.63) is 17.5 Å². The Bertz CT molecular complexity index is 732. The van der Waals surface area contributed by atoms with Crippen LogP contribution in [-0.4, -0.2) is 53.5 Å². The summed E-state index contributed by atoms with van der Waals surface area (Å²) in [7, 11) is 0. The number of β-lactam (4-membered cyclic amide) rings is 1. The number of nitrogens with zero attached hydrogens (tertiary/aromatic N) is 4. The molecule has 1 aromatic rings. The summed E-state index contributed by atoms with van der Waals surface area (Å²) in [6.45, 7) is 4.15. The fraction of sp³-hybridized carbons (Fsp3) is 0.706. The first-order valence-corrected chi connectivity index (χ1v) is 10.1. The lowest BCUT2D eigenvalue weighted by molar-refractivity contribution is -0.151. The van der Waals surface area contributed by atoms with Crippen molar-refractivity contribution in [1.29, 1.82) is 0 Å². The molecule has 0 bridgehead atoms. The molecule has 26 heavy (non-hydrogen) atoms. The normalized spacial score (nSPS) is 30.2. The van der Waals surface area contributed by atoms with Crippen molar-refractivity contribution in [1.82, 2.24) is 30.8 Å². The van der Waals surface area contributed by atoms with E-state index in [1.165, 1.54) is 18.4 Å². The van der Waals surface area contributed by atoms with Gasteiger partial charge in [0.25, 0.3) is 0 Å². The van der Waals surface area contributed by atoms with E-state index in [2.05, 4.69) is 45.9 Å². The molecular weight excluding hydrogens is 352 g/mol. The molecule has 0 aromatic carbocycles. The van der Waals surface area contributed by atoms with E-state index in [1.54, 1.807) is 16.7 Å². The molecule has 8 nitrogen and oxygen atoms in total. The molecule has 2 aliphatic heterocycles. The zero-order valence-corrected chi connectivity index (χ0v) is 15.9. The largest absolute Gasteiger partial charge is 0.341 e. The van der Waals surface area contributed by atoms with Gasteiger partial charge < -0.3 is 10.2 Å². The van der Waals surface area contributed by atoms with Crippen LogP contribution in [0, 0.1) is 0 Å². The molecule has 2 amide bonds. The van der Waals surface area contributed by atoms with Gasteiger partial charge in [0, 0.05) is 11.2 Å². The second kappa shape index (κ2) is 6.68. The number of amides is 2. The minimum absolute atomic E-state index is 0.0562. The van der Waals surface area contributed by atoms with E-state index in [9.17, 15) is 9.59 Å². The molecule has 1 aromatic heterocycles. The fourth-order valence-electron chi connectivity index (χ4n) is 4.15. The van der Waals surface area contributed by atoms with Gasteiger partial charge in [-0.05, 0) is 50.0 Å². The number of H-pyrrole nitrogens is 1. The van der Waals surface area contributed by atoms with E-state index in [0.29, 0.717) is 12.2 Å². The Morgan fingerprint density at radius 2 is 2.27 bits per heavy atom. The van der Waals surface area contributed by atoms with Crippen LogP contribution >= 0.6 is 11.8 Å². The van der Waals surface area contributed by atoms with Gasteiger partial charge in [-0.2, -0.15) is 0 Å². The molecule has 9 heteroatoms. The van der Waals surface area contributed by atoms with Crippen LogP contribution in [0.4, 0.5) is 0 Å². The molecule has 2 saturated heterocycles. The van der Waals surface area contributed by atoms with Crippen molar-refractivity contribution in [2.45, 2.75) is 74.6 Å².